The number of nitrogens with one attached hydrogen (secondary N) is 2. The molecule has 88 valence electrons. The Balaban J connectivity index is 2.36. The molecule has 1 unspecified atom stereocenters. The van der Waals surface area contributed by atoms with E-state index in [0.29, 0.717) is 6.04 Å². The fourth-order valence-electron chi connectivity index (χ4n) is 1.95. The van der Waals surface area contributed by atoms with Gasteiger partial charge in [0.2, 0.25) is 5.91 Å². The maximum absolute atomic E-state index is 11.6. The number of carbonyl (C=O) groups is 1. The van der Waals surface area contributed by atoms with E-state index in [0.717, 1.165) is 18.9 Å². The highest BCUT2D eigenvalue weighted by Crippen LogP contribution is 2.34. The Morgan fingerprint density at radius 1 is 1.47 bits per heavy atom. The molecule has 15 heavy (non-hydrogen) atoms. The average Bonchev–Trinajstić information content (AvgIpc) is 3.01. The van der Waals surface area contributed by atoms with Crippen molar-refractivity contribution >= 4 is 5.91 Å². The summed E-state index contributed by atoms with van der Waals surface area (Å²) in [6, 6.07) is 0.605. The van der Waals surface area contributed by atoms with Gasteiger partial charge in [0, 0.05) is 19.6 Å². The van der Waals surface area contributed by atoms with Crippen LogP contribution in [0.5, 0.6) is 0 Å². The zero-order valence-electron chi connectivity index (χ0n) is 10.4. The van der Waals surface area contributed by atoms with Crippen LogP contribution >= 0.6 is 0 Å². The van der Waals surface area contributed by atoms with E-state index in [1.165, 1.54) is 12.8 Å². The van der Waals surface area contributed by atoms with E-state index in [2.05, 4.69) is 17.6 Å². The first kappa shape index (κ1) is 12.5. The molecule has 0 aromatic heterocycles. The van der Waals surface area contributed by atoms with Crippen LogP contribution in [0, 0.1) is 11.3 Å². The standard InChI is InChI=1S/C12H24N2O/c1-5-10(9-6-7-9)14-8-12(2,3)11(15)13-4/h9-10,14H,5-8H2,1-4H3,(H,13,15). The molecule has 0 aromatic carbocycles. The second-order valence-electron chi connectivity index (χ2n) is 5.20. The molecule has 3 heteroatoms. The van der Waals surface area contributed by atoms with Crippen molar-refractivity contribution in [3.8, 4) is 0 Å². The largest absolute Gasteiger partial charge is 0.359 e. The third-order valence-electron chi connectivity index (χ3n) is 3.28. The van der Waals surface area contributed by atoms with E-state index >= 15 is 0 Å². The molecule has 0 radical (unpaired) electrons. The lowest BCUT2D eigenvalue weighted by molar-refractivity contribution is -0.128. The Hall–Kier alpha value is -0.570. The average molecular weight is 212 g/mol. The topological polar surface area (TPSA) is 41.1 Å². The van der Waals surface area contributed by atoms with E-state index in [1.54, 1.807) is 7.05 Å². The Morgan fingerprint density at radius 3 is 2.47 bits per heavy atom. The van der Waals surface area contributed by atoms with Crippen LogP contribution in [0.1, 0.15) is 40.0 Å². The monoisotopic (exact) mass is 212 g/mol. The minimum atomic E-state index is -0.308. The molecule has 0 spiro atoms. The number of hydrogen-bond donors (Lipinski definition) is 2. The summed E-state index contributed by atoms with van der Waals surface area (Å²) in [6.07, 6.45) is 3.87. The second kappa shape index (κ2) is 4.97. The van der Waals surface area contributed by atoms with Crippen LogP contribution < -0.4 is 10.6 Å². The van der Waals surface area contributed by atoms with Crippen molar-refractivity contribution in [2.75, 3.05) is 13.6 Å². The minimum absolute atomic E-state index is 0.112. The van der Waals surface area contributed by atoms with Gasteiger partial charge in [0.15, 0.2) is 0 Å². The molecule has 3 nitrogen and oxygen atoms in total. The zero-order chi connectivity index (χ0) is 11.5. The summed E-state index contributed by atoms with van der Waals surface area (Å²) in [4.78, 5) is 11.6. The Kier molecular flexibility index (Phi) is 4.14. The summed E-state index contributed by atoms with van der Waals surface area (Å²) in [7, 11) is 1.70. The molecule has 1 saturated carbocycles. The van der Waals surface area contributed by atoms with Gasteiger partial charge in [0.05, 0.1) is 5.41 Å². The lowest BCUT2D eigenvalue weighted by Gasteiger charge is -2.26. The lowest BCUT2D eigenvalue weighted by atomic mass is 9.91. The number of rotatable bonds is 6. The van der Waals surface area contributed by atoms with Crippen LogP contribution in [0.25, 0.3) is 0 Å². The van der Waals surface area contributed by atoms with Crippen LogP contribution in [0.3, 0.4) is 0 Å². The minimum Gasteiger partial charge on any atom is -0.359 e. The lowest BCUT2D eigenvalue weighted by Crippen LogP contribution is -2.45. The summed E-state index contributed by atoms with van der Waals surface area (Å²) in [5.74, 6) is 0.969. The summed E-state index contributed by atoms with van der Waals surface area (Å²) in [5.41, 5.74) is -0.308. The SMILES string of the molecule is CCC(NCC(C)(C)C(=O)NC)C1CC1. The fraction of sp³-hybridized carbons (Fsp3) is 0.917. The van der Waals surface area contributed by atoms with E-state index in [9.17, 15) is 4.79 Å². The molecule has 2 N–H and O–H groups in total. The molecule has 1 atom stereocenters. The van der Waals surface area contributed by atoms with Gasteiger partial charge in [-0.25, -0.2) is 0 Å². The van der Waals surface area contributed by atoms with Crippen molar-refractivity contribution in [3.63, 3.8) is 0 Å². The third kappa shape index (κ3) is 3.49. The van der Waals surface area contributed by atoms with Crippen LogP contribution in [0.4, 0.5) is 0 Å². The molecule has 1 rings (SSSR count). The first-order valence-corrected chi connectivity index (χ1v) is 5.97. The highest BCUT2D eigenvalue weighted by molar-refractivity contribution is 5.81. The second-order valence-corrected chi connectivity index (χ2v) is 5.20. The first-order valence-electron chi connectivity index (χ1n) is 5.97. The molecule has 1 aliphatic carbocycles. The van der Waals surface area contributed by atoms with Gasteiger partial charge < -0.3 is 10.6 Å². The predicted octanol–water partition coefficient (Wildman–Crippen LogP) is 1.54. The van der Waals surface area contributed by atoms with Crippen LogP contribution in [0.15, 0.2) is 0 Å². The van der Waals surface area contributed by atoms with Crippen molar-refractivity contribution in [2.45, 2.75) is 46.1 Å². The Bertz CT molecular complexity index is 222. The van der Waals surface area contributed by atoms with Crippen molar-refractivity contribution < 1.29 is 4.79 Å². The summed E-state index contributed by atoms with van der Waals surface area (Å²) in [6.45, 7) is 6.95. The van der Waals surface area contributed by atoms with Gasteiger partial charge in [-0.05, 0) is 39.0 Å². The Labute approximate surface area is 93.0 Å². The first-order chi connectivity index (χ1) is 7.01. The van der Waals surface area contributed by atoms with Crippen molar-refractivity contribution in [3.05, 3.63) is 0 Å². The van der Waals surface area contributed by atoms with Crippen LogP contribution in [-0.4, -0.2) is 25.5 Å². The summed E-state index contributed by atoms with van der Waals surface area (Å²) >= 11 is 0. The van der Waals surface area contributed by atoms with Gasteiger partial charge in [0.1, 0.15) is 0 Å². The molecular weight excluding hydrogens is 188 g/mol. The molecule has 0 aromatic rings. The van der Waals surface area contributed by atoms with E-state index in [1.807, 2.05) is 13.8 Å². The molecule has 1 aliphatic rings. The third-order valence-corrected chi connectivity index (χ3v) is 3.28. The molecule has 0 bridgehead atoms. The molecule has 1 amide bonds. The maximum atomic E-state index is 11.6. The van der Waals surface area contributed by atoms with E-state index in [4.69, 9.17) is 0 Å². The predicted molar refractivity (Wildman–Crippen MR) is 62.7 cm³/mol. The number of amides is 1. The highest BCUT2D eigenvalue weighted by atomic mass is 16.2. The normalized spacial score (nSPS) is 18.7. The smallest absolute Gasteiger partial charge is 0.226 e. The van der Waals surface area contributed by atoms with E-state index < -0.39 is 0 Å². The Morgan fingerprint density at radius 2 is 2.07 bits per heavy atom. The molecule has 0 saturated heterocycles. The van der Waals surface area contributed by atoms with Gasteiger partial charge in [-0.2, -0.15) is 0 Å². The number of hydrogen-bond acceptors (Lipinski definition) is 2. The summed E-state index contributed by atoms with van der Waals surface area (Å²) < 4.78 is 0. The number of carbonyl (C=O) groups excluding carboxylic acids is 1. The van der Waals surface area contributed by atoms with Gasteiger partial charge in [0.25, 0.3) is 0 Å². The molecule has 0 heterocycles. The van der Waals surface area contributed by atoms with Gasteiger partial charge >= 0.3 is 0 Å². The molecular formula is C12H24N2O. The fourth-order valence-corrected chi connectivity index (χ4v) is 1.95. The van der Waals surface area contributed by atoms with Crippen LogP contribution in [-0.2, 0) is 4.79 Å². The van der Waals surface area contributed by atoms with Crippen LogP contribution in [0.2, 0.25) is 0 Å². The van der Waals surface area contributed by atoms with Crippen molar-refractivity contribution in [1.29, 1.82) is 0 Å². The maximum Gasteiger partial charge on any atom is 0.226 e. The van der Waals surface area contributed by atoms with Gasteiger partial charge in [-0.15, -0.1) is 0 Å². The molecule has 1 fully saturated rings. The zero-order valence-corrected chi connectivity index (χ0v) is 10.4. The quantitative estimate of drug-likeness (QED) is 0.701. The van der Waals surface area contributed by atoms with Gasteiger partial charge in [-0.3, -0.25) is 4.79 Å². The summed E-state index contributed by atoms with van der Waals surface area (Å²) in [5, 5.41) is 6.24. The van der Waals surface area contributed by atoms with Gasteiger partial charge in [-0.1, -0.05) is 6.92 Å². The van der Waals surface area contributed by atoms with Crippen molar-refractivity contribution in [1.82, 2.24) is 10.6 Å². The highest BCUT2D eigenvalue weighted by Gasteiger charge is 2.32. The van der Waals surface area contributed by atoms with Crippen molar-refractivity contribution in [2.24, 2.45) is 11.3 Å². The van der Waals surface area contributed by atoms with E-state index in [-0.39, 0.29) is 11.3 Å². The molecule has 0 aliphatic heterocycles.